The summed E-state index contributed by atoms with van der Waals surface area (Å²) in [6.07, 6.45) is 5.68. The van der Waals surface area contributed by atoms with Gasteiger partial charge >= 0.3 is 0 Å². The average Bonchev–Trinajstić information content (AvgIpc) is 2.68. The van der Waals surface area contributed by atoms with Crippen molar-refractivity contribution in [3.05, 3.63) is 29.8 Å². The Morgan fingerprint density at radius 2 is 1.85 bits per heavy atom. The number of carbonyl (C=O) groups excluding carboxylic acids is 1. The van der Waals surface area contributed by atoms with Gasteiger partial charge < -0.3 is 20.3 Å². The molecule has 0 heterocycles. The van der Waals surface area contributed by atoms with Gasteiger partial charge in [0.25, 0.3) is 0 Å². The minimum absolute atomic E-state index is 0. The summed E-state index contributed by atoms with van der Waals surface area (Å²) in [4.78, 5) is 18.5. The van der Waals surface area contributed by atoms with E-state index in [2.05, 4.69) is 15.6 Å². The smallest absolute Gasteiger partial charge is 0.223 e. The second-order valence-corrected chi connectivity index (χ2v) is 6.77. The highest BCUT2D eigenvalue weighted by atomic mass is 127. The quantitative estimate of drug-likeness (QED) is 0.268. The number of amides is 1. The van der Waals surface area contributed by atoms with Crippen molar-refractivity contribution in [2.45, 2.75) is 38.6 Å². The SMILES string of the molecule is CN=C(NCCNC(=O)C1CCCCC1)N(C)Cc1ccccc1OC.I. The van der Waals surface area contributed by atoms with Crippen LogP contribution in [0.4, 0.5) is 0 Å². The Morgan fingerprint density at radius 3 is 2.52 bits per heavy atom. The molecule has 0 aliphatic heterocycles. The lowest BCUT2D eigenvalue weighted by Crippen LogP contribution is -2.43. The lowest BCUT2D eigenvalue weighted by atomic mass is 9.89. The third-order valence-electron chi connectivity index (χ3n) is 4.86. The molecule has 7 heteroatoms. The molecule has 0 radical (unpaired) electrons. The fraction of sp³-hybridized carbons (Fsp3) is 0.600. The van der Waals surface area contributed by atoms with Crippen molar-refractivity contribution in [3.8, 4) is 5.75 Å². The zero-order chi connectivity index (χ0) is 18.8. The summed E-state index contributed by atoms with van der Waals surface area (Å²) in [5.74, 6) is 2.07. The predicted octanol–water partition coefficient (Wildman–Crippen LogP) is 3.02. The molecule has 1 aliphatic carbocycles. The van der Waals surface area contributed by atoms with Gasteiger partial charge in [0.15, 0.2) is 5.96 Å². The summed E-state index contributed by atoms with van der Waals surface area (Å²) < 4.78 is 5.41. The summed E-state index contributed by atoms with van der Waals surface area (Å²) in [7, 11) is 5.44. The van der Waals surface area contributed by atoms with Gasteiger partial charge in [-0.05, 0) is 18.9 Å². The molecule has 0 atom stereocenters. The molecule has 0 aromatic heterocycles. The Hall–Kier alpha value is -1.51. The Bertz CT molecular complexity index is 603. The van der Waals surface area contributed by atoms with Crippen molar-refractivity contribution in [1.82, 2.24) is 15.5 Å². The molecular formula is C20H33IN4O2. The summed E-state index contributed by atoms with van der Waals surface area (Å²) >= 11 is 0. The number of rotatable bonds is 7. The van der Waals surface area contributed by atoms with Crippen LogP contribution in [0.5, 0.6) is 5.75 Å². The highest BCUT2D eigenvalue weighted by molar-refractivity contribution is 14.0. The lowest BCUT2D eigenvalue weighted by molar-refractivity contribution is -0.125. The fourth-order valence-corrected chi connectivity index (χ4v) is 3.42. The van der Waals surface area contributed by atoms with E-state index in [1.807, 2.05) is 36.2 Å². The normalized spacial score (nSPS) is 14.9. The largest absolute Gasteiger partial charge is 0.496 e. The van der Waals surface area contributed by atoms with Crippen LogP contribution in [0.2, 0.25) is 0 Å². The fourth-order valence-electron chi connectivity index (χ4n) is 3.42. The molecule has 27 heavy (non-hydrogen) atoms. The first kappa shape index (κ1) is 23.5. The number of nitrogens with one attached hydrogen (secondary N) is 2. The van der Waals surface area contributed by atoms with Crippen LogP contribution in [0.3, 0.4) is 0 Å². The molecule has 0 spiro atoms. The maximum absolute atomic E-state index is 12.2. The molecular weight excluding hydrogens is 455 g/mol. The molecule has 0 bridgehead atoms. The van der Waals surface area contributed by atoms with Gasteiger partial charge in [-0.2, -0.15) is 0 Å². The first-order chi connectivity index (χ1) is 12.7. The molecule has 1 aromatic carbocycles. The monoisotopic (exact) mass is 488 g/mol. The van der Waals surface area contributed by atoms with E-state index in [4.69, 9.17) is 4.74 Å². The minimum Gasteiger partial charge on any atom is -0.496 e. The third kappa shape index (κ3) is 7.56. The summed E-state index contributed by atoms with van der Waals surface area (Å²) in [6, 6.07) is 7.97. The number of hydrogen-bond acceptors (Lipinski definition) is 3. The average molecular weight is 488 g/mol. The number of hydrogen-bond donors (Lipinski definition) is 2. The van der Waals surface area contributed by atoms with Crippen molar-refractivity contribution in [2.24, 2.45) is 10.9 Å². The molecule has 1 aromatic rings. The minimum atomic E-state index is 0. The lowest BCUT2D eigenvalue weighted by Gasteiger charge is -2.24. The number of aliphatic imine (C=N–C) groups is 1. The Kier molecular flexibility index (Phi) is 11.2. The van der Waals surface area contributed by atoms with E-state index in [1.165, 1.54) is 19.3 Å². The Morgan fingerprint density at radius 1 is 1.19 bits per heavy atom. The van der Waals surface area contributed by atoms with Crippen molar-refractivity contribution >= 4 is 35.8 Å². The summed E-state index contributed by atoms with van der Waals surface area (Å²) in [5.41, 5.74) is 1.10. The maximum Gasteiger partial charge on any atom is 0.223 e. The zero-order valence-corrected chi connectivity index (χ0v) is 19.0. The van der Waals surface area contributed by atoms with Crippen molar-refractivity contribution in [2.75, 3.05) is 34.3 Å². The molecule has 1 fully saturated rings. The second kappa shape index (κ2) is 12.8. The van der Waals surface area contributed by atoms with E-state index in [0.717, 1.165) is 30.1 Å². The molecule has 0 saturated heterocycles. The van der Waals surface area contributed by atoms with Crippen LogP contribution in [0.25, 0.3) is 0 Å². The number of benzene rings is 1. The van der Waals surface area contributed by atoms with E-state index in [0.29, 0.717) is 19.6 Å². The summed E-state index contributed by atoms with van der Waals surface area (Å²) in [6.45, 7) is 1.95. The van der Waals surface area contributed by atoms with E-state index in [1.54, 1.807) is 14.2 Å². The van der Waals surface area contributed by atoms with Gasteiger partial charge in [-0.1, -0.05) is 37.5 Å². The molecule has 1 aliphatic rings. The van der Waals surface area contributed by atoms with E-state index >= 15 is 0 Å². The van der Waals surface area contributed by atoms with Crippen LogP contribution in [0.15, 0.2) is 29.3 Å². The van der Waals surface area contributed by atoms with Gasteiger partial charge in [0.05, 0.1) is 7.11 Å². The number of guanidine groups is 1. The number of para-hydroxylation sites is 1. The molecule has 2 rings (SSSR count). The highest BCUT2D eigenvalue weighted by Crippen LogP contribution is 2.23. The van der Waals surface area contributed by atoms with Crippen molar-refractivity contribution in [3.63, 3.8) is 0 Å². The molecule has 0 unspecified atom stereocenters. The van der Waals surface area contributed by atoms with Crippen LogP contribution < -0.4 is 15.4 Å². The number of carbonyl (C=O) groups is 1. The maximum atomic E-state index is 12.2. The Labute approximate surface area is 180 Å². The first-order valence-electron chi connectivity index (χ1n) is 9.47. The topological polar surface area (TPSA) is 66.0 Å². The van der Waals surface area contributed by atoms with Gasteiger partial charge in [-0.25, -0.2) is 0 Å². The molecule has 1 amide bonds. The van der Waals surface area contributed by atoms with E-state index < -0.39 is 0 Å². The predicted molar refractivity (Wildman–Crippen MR) is 121 cm³/mol. The van der Waals surface area contributed by atoms with Gasteiger partial charge in [0.1, 0.15) is 5.75 Å². The van der Waals surface area contributed by atoms with Gasteiger partial charge in [-0.3, -0.25) is 9.79 Å². The molecule has 152 valence electrons. The molecule has 6 nitrogen and oxygen atoms in total. The number of methoxy groups -OCH3 is 1. The van der Waals surface area contributed by atoms with Crippen LogP contribution in [0.1, 0.15) is 37.7 Å². The van der Waals surface area contributed by atoms with Crippen molar-refractivity contribution in [1.29, 1.82) is 0 Å². The number of halogens is 1. The zero-order valence-electron chi connectivity index (χ0n) is 16.7. The van der Waals surface area contributed by atoms with Crippen LogP contribution in [-0.2, 0) is 11.3 Å². The first-order valence-corrected chi connectivity index (χ1v) is 9.47. The number of ether oxygens (including phenoxy) is 1. The van der Waals surface area contributed by atoms with Gasteiger partial charge in [-0.15, -0.1) is 24.0 Å². The van der Waals surface area contributed by atoms with Crippen LogP contribution >= 0.6 is 24.0 Å². The third-order valence-corrected chi connectivity index (χ3v) is 4.86. The number of nitrogens with zero attached hydrogens (tertiary/aromatic N) is 2. The second-order valence-electron chi connectivity index (χ2n) is 6.77. The van der Waals surface area contributed by atoms with Gasteiger partial charge in [0.2, 0.25) is 5.91 Å². The van der Waals surface area contributed by atoms with Crippen LogP contribution in [-0.4, -0.2) is 51.1 Å². The molecule has 1 saturated carbocycles. The summed E-state index contributed by atoms with van der Waals surface area (Å²) in [5, 5.41) is 6.35. The van der Waals surface area contributed by atoms with Crippen LogP contribution in [0, 0.1) is 5.92 Å². The van der Waals surface area contributed by atoms with E-state index in [9.17, 15) is 4.79 Å². The molecule has 2 N–H and O–H groups in total. The van der Waals surface area contributed by atoms with E-state index in [-0.39, 0.29) is 35.8 Å². The standard InChI is InChI=1S/C20H32N4O2.HI/c1-21-20(24(2)15-17-11-7-8-12-18(17)26-3)23-14-13-22-19(25)16-9-5-4-6-10-16;/h7-8,11-12,16H,4-6,9-10,13-15H2,1-3H3,(H,21,23)(H,22,25);1H. The van der Waals surface area contributed by atoms with Crippen molar-refractivity contribution < 1.29 is 9.53 Å². The van der Waals surface area contributed by atoms with Gasteiger partial charge in [0, 0.05) is 45.2 Å². The Balaban J connectivity index is 0.00000364. The highest BCUT2D eigenvalue weighted by Gasteiger charge is 2.20.